The van der Waals surface area contributed by atoms with Crippen molar-refractivity contribution in [1.82, 2.24) is 5.32 Å². The lowest BCUT2D eigenvalue weighted by molar-refractivity contribution is -0.143. The van der Waals surface area contributed by atoms with Crippen molar-refractivity contribution in [2.45, 2.75) is 289 Å². The topological polar surface area (TPSA) is 95.9 Å². The second kappa shape index (κ2) is 50.7. The van der Waals surface area contributed by atoms with E-state index in [4.69, 9.17) is 4.74 Å². The zero-order chi connectivity index (χ0) is 44.4. The van der Waals surface area contributed by atoms with Crippen molar-refractivity contribution in [1.29, 1.82) is 0 Å². The molecule has 0 aromatic heterocycles. The van der Waals surface area contributed by atoms with E-state index in [9.17, 15) is 19.8 Å². The summed E-state index contributed by atoms with van der Waals surface area (Å²) in [7, 11) is 0. The molecule has 3 N–H and O–H groups in total. The maximum atomic E-state index is 12.4. The quantitative estimate of drug-likeness (QED) is 0.0322. The van der Waals surface area contributed by atoms with E-state index in [1.807, 2.05) is 6.08 Å². The second-order valence-corrected chi connectivity index (χ2v) is 18.2. The van der Waals surface area contributed by atoms with Gasteiger partial charge in [0.1, 0.15) is 0 Å². The molecular formula is C55H103NO5. The zero-order valence-electron chi connectivity index (χ0n) is 40.6. The van der Waals surface area contributed by atoms with E-state index in [1.54, 1.807) is 6.08 Å². The number of hydrogen-bond donors (Lipinski definition) is 3. The number of ether oxygens (including phenoxy) is 1. The third-order valence-corrected chi connectivity index (χ3v) is 12.2. The van der Waals surface area contributed by atoms with Gasteiger partial charge in [-0.25, -0.2) is 0 Å². The molecule has 6 nitrogen and oxygen atoms in total. The number of aliphatic hydroxyl groups excluding tert-OH is 2. The molecule has 0 rings (SSSR count). The highest BCUT2D eigenvalue weighted by Crippen LogP contribution is 2.15. The Hall–Kier alpha value is -1.92. The highest BCUT2D eigenvalue weighted by atomic mass is 16.5. The lowest BCUT2D eigenvalue weighted by Gasteiger charge is -2.20. The summed E-state index contributed by atoms with van der Waals surface area (Å²) in [6, 6.07) is -0.640. The van der Waals surface area contributed by atoms with Gasteiger partial charge in [-0.15, -0.1) is 0 Å². The van der Waals surface area contributed by atoms with Crippen LogP contribution in [0.25, 0.3) is 0 Å². The maximum absolute atomic E-state index is 12.4. The van der Waals surface area contributed by atoms with Crippen molar-refractivity contribution in [3.05, 3.63) is 36.5 Å². The molecule has 0 aliphatic carbocycles. The minimum absolute atomic E-state index is 0.0186. The van der Waals surface area contributed by atoms with Crippen LogP contribution in [0.2, 0.25) is 0 Å². The number of amides is 1. The van der Waals surface area contributed by atoms with Crippen LogP contribution >= 0.6 is 0 Å². The number of allylic oxidation sites excluding steroid dienone is 5. The van der Waals surface area contributed by atoms with Crippen molar-refractivity contribution in [2.24, 2.45) is 0 Å². The molecule has 0 bridgehead atoms. The largest absolute Gasteiger partial charge is 0.466 e. The summed E-state index contributed by atoms with van der Waals surface area (Å²) in [5.74, 6) is -0.103. The van der Waals surface area contributed by atoms with Crippen molar-refractivity contribution < 1.29 is 24.5 Å². The summed E-state index contributed by atoms with van der Waals surface area (Å²) in [6.45, 7) is 4.84. The van der Waals surface area contributed by atoms with Gasteiger partial charge in [-0.2, -0.15) is 0 Å². The van der Waals surface area contributed by atoms with E-state index >= 15 is 0 Å². The summed E-state index contributed by atoms with van der Waals surface area (Å²) in [4.78, 5) is 24.5. The molecule has 0 fully saturated rings. The van der Waals surface area contributed by atoms with E-state index in [1.165, 1.54) is 186 Å². The molecule has 0 aromatic rings. The zero-order valence-corrected chi connectivity index (χ0v) is 40.6. The lowest BCUT2D eigenvalue weighted by Crippen LogP contribution is -2.45. The van der Waals surface area contributed by atoms with Gasteiger partial charge < -0.3 is 20.3 Å². The van der Waals surface area contributed by atoms with Crippen LogP contribution in [0.4, 0.5) is 0 Å². The summed E-state index contributed by atoms with van der Waals surface area (Å²) in [5.41, 5.74) is 0. The summed E-state index contributed by atoms with van der Waals surface area (Å²) >= 11 is 0. The normalized spacial score (nSPS) is 12.9. The van der Waals surface area contributed by atoms with Crippen LogP contribution in [-0.2, 0) is 14.3 Å². The maximum Gasteiger partial charge on any atom is 0.305 e. The van der Waals surface area contributed by atoms with Crippen molar-refractivity contribution in [2.75, 3.05) is 13.2 Å². The van der Waals surface area contributed by atoms with Gasteiger partial charge >= 0.3 is 5.97 Å². The number of esters is 1. The number of hydrogen-bond acceptors (Lipinski definition) is 5. The number of carbonyl (C=O) groups excluding carboxylic acids is 2. The molecule has 0 saturated heterocycles. The minimum Gasteiger partial charge on any atom is -0.466 e. The van der Waals surface area contributed by atoms with Gasteiger partial charge in [0, 0.05) is 12.8 Å². The molecule has 2 atom stereocenters. The second-order valence-electron chi connectivity index (χ2n) is 18.2. The molecule has 2 unspecified atom stereocenters. The Bertz CT molecular complexity index is 993. The fourth-order valence-electron chi connectivity index (χ4n) is 8.02. The van der Waals surface area contributed by atoms with E-state index in [0.29, 0.717) is 19.4 Å². The first-order valence-corrected chi connectivity index (χ1v) is 26.8. The Morgan fingerprint density at radius 1 is 0.459 bits per heavy atom. The Labute approximate surface area is 379 Å². The lowest BCUT2D eigenvalue weighted by atomic mass is 10.0. The van der Waals surface area contributed by atoms with Gasteiger partial charge in [0.15, 0.2) is 0 Å². The molecule has 0 radical (unpaired) electrons. The van der Waals surface area contributed by atoms with E-state index in [0.717, 1.165) is 64.2 Å². The van der Waals surface area contributed by atoms with Gasteiger partial charge in [-0.1, -0.05) is 237 Å². The van der Waals surface area contributed by atoms with E-state index in [-0.39, 0.29) is 18.5 Å². The van der Waals surface area contributed by atoms with Crippen LogP contribution in [-0.4, -0.2) is 47.4 Å². The third-order valence-electron chi connectivity index (χ3n) is 12.2. The standard InChI is InChI=1S/C55H103NO5/c1-3-5-7-9-11-13-15-17-19-20-21-22-24-29-33-37-41-45-49-55(60)61-50-46-42-38-34-30-26-25-28-32-36-40-44-48-54(59)56-52(51-57)53(58)47-43-39-35-31-27-23-18-16-14-12-10-8-6-4-2/h13,15,19-20,43,47,52-53,57-58H,3-12,14,16-18,21-42,44-46,48-51H2,1-2H3,(H,56,59)/b15-13-,20-19-,47-43+. The number of aliphatic hydroxyl groups is 2. The van der Waals surface area contributed by atoms with Gasteiger partial charge in [0.25, 0.3) is 0 Å². The Kier molecular flexibility index (Phi) is 49.1. The molecule has 358 valence electrons. The summed E-state index contributed by atoms with van der Waals surface area (Å²) in [5, 5.41) is 23.0. The van der Waals surface area contributed by atoms with E-state index in [2.05, 4.69) is 43.5 Å². The van der Waals surface area contributed by atoms with Crippen LogP contribution in [0.3, 0.4) is 0 Å². The fraction of sp³-hybridized carbons (Fsp3) is 0.855. The molecule has 0 saturated carbocycles. The molecule has 0 aliphatic heterocycles. The van der Waals surface area contributed by atoms with Crippen LogP contribution in [0.1, 0.15) is 277 Å². The Morgan fingerprint density at radius 3 is 1.26 bits per heavy atom. The first kappa shape index (κ1) is 59.1. The predicted molar refractivity (Wildman–Crippen MR) is 264 cm³/mol. The molecule has 61 heavy (non-hydrogen) atoms. The smallest absolute Gasteiger partial charge is 0.305 e. The molecule has 0 heterocycles. The molecule has 1 amide bonds. The third kappa shape index (κ3) is 47.4. The van der Waals surface area contributed by atoms with Crippen LogP contribution < -0.4 is 5.32 Å². The monoisotopic (exact) mass is 858 g/mol. The molecule has 0 aliphatic rings. The highest BCUT2D eigenvalue weighted by molar-refractivity contribution is 5.76. The van der Waals surface area contributed by atoms with Crippen molar-refractivity contribution in [3.8, 4) is 0 Å². The number of carbonyl (C=O) groups is 2. The van der Waals surface area contributed by atoms with E-state index < -0.39 is 12.1 Å². The number of rotatable bonds is 49. The predicted octanol–water partition coefficient (Wildman–Crippen LogP) is 16.1. The highest BCUT2D eigenvalue weighted by Gasteiger charge is 2.18. The van der Waals surface area contributed by atoms with Gasteiger partial charge in [0.05, 0.1) is 25.4 Å². The van der Waals surface area contributed by atoms with Gasteiger partial charge in [0.2, 0.25) is 5.91 Å². The number of nitrogens with one attached hydrogen (secondary N) is 1. The van der Waals surface area contributed by atoms with Crippen LogP contribution in [0, 0.1) is 0 Å². The average molecular weight is 858 g/mol. The van der Waals surface area contributed by atoms with Crippen molar-refractivity contribution in [3.63, 3.8) is 0 Å². The minimum atomic E-state index is -0.855. The summed E-state index contributed by atoms with van der Waals surface area (Å²) in [6.07, 6.45) is 61.4. The first-order chi connectivity index (χ1) is 30.0. The number of unbranched alkanes of at least 4 members (excludes halogenated alkanes) is 34. The molecule has 0 spiro atoms. The Balaban J connectivity index is 3.49. The SMILES string of the molecule is CCCCCC/C=C\C/C=C\CCCCCCCCCC(=O)OCCCCCCCCCCCCCCC(=O)NC(CO)C(O)/C=C/CCCCCCCCCCCCCC. The molecular weight excluding hydrogens is 755 g/mol. The van der Waals surface area contributed by atoms with Crippen molar-refractivity contribution >= 4 is 11.9 Å². The van der Waals surface area contributed by atoms with Crippen LogP contribution in [0.5, 0.6) is 0 Å². The van der Waals surface area contributed by atoms with Gasteiger partial charge in [-0.3, -0.25) is 9.59 Å². The first-order valence-electron chi connectivity index (χ1n) is 26.8. The summed E-state index contributed by atoms with van der Waals surface area (Å²) < 4.78 is 5.47. The fourth-order valence-corrected chi connectivity index (χ4v) is 8.02. The molecule has 6 heteroatoms. The van der Waals surface area contributed by atoms with Crippen LogP contribution in [0.15, 0.2) is 36.5 Å². The van der Waals surface area contributed by atoms with Gasteiger partial charge in [-0.05, 0) is 64.2 Å². The molecule has 0 aromatic carbocycles. The Morgan fingerprint density at radius 2 is 0.820 bits per heavy atom. The average Bonchev–Trinajstić information content (AvgIpc) is 3.26.